The molecule has 1 aliphatic carbocycles. The van der Waals surface area contributed by atoms with Crippen LogP contribution in [0.3, 0.4) is 0 Å². The van der Waals surface area contributed by atoms with E-state index in [0.717, 1.165) is 27.5 Å². The maximum atomic E-state index is 12.2. The zero-order valence-corrected chi connectivity index (χ0v) is 17.9. The third kappa shape index (κ3) is 3.32. The van der Waals surface area contributed by atoms with Gasteiger partial charge in [-0.15, -0.1) is 0 Å². The lowest BCUT2D eigenvalue weighted by Crippen LogP contribution is -2.37. The van der Waals surface area contributed by atoms with Crippen molar-refractivity contribution in [1.29, 1.82) is 0 Å². The van der Waals surface area contributed by atoms with Crippen LogP contribution in [0.25, 0.3) is 16.8 Å². The summed E-state index contributed by atoms with van der Waals surface area (Å²) in [6.45, 7) is 5.62. The van der Waals surface area contributed by atoms with Gasteiger partial charge in [-0.1, -0.05) is 61.9 Å². The smallest absolute Gasteiger partial charge is 0.224 e. The number of rotatable bonds is 5. The van der Waals surface area contributed by atoms with E-state index in [2.05, 4.69) is 0 Å². The highest BCUT2D eigenvalue weighted by molar-refractivity contribution is 7.81. The third-order valence-corrected chi connectivity index (χ3v) is 6.65. The monoisotopic (exact) mass is 419 g/mol. The molecular weight excluding hydrogens is 396 g/mol. The molecule has 0 aromatic heterocycles. The standard InChI is InChI=1S/C24H24N2O3S/c1-15-12-18-9-11-20(14-21(18)22(15)24(2,3)23(25)27)26(30(28)29)19-10-8-16-6-4-5-7-17(16)13-19/h4-14,22H,1-3H3,(H2,25,27)(H,28,29)/p-1. The number of nitrogens with two attached hydrogens (primary N) is 1. The molecule has 1 amide bonds. The largest absolute Gasteiger partial charge is 0.755 e. The fourth-order valence-corrected chi connectivity index (χ4v) is 4.94. The lowest BCUT2D eigenvalue weighted by molar-refractivity contribution is -0.126. The van der Waals surface area contributed by atoms with E-state index in [1.54, 1.807) is 12.1 Å². The minimum atomic E-state index is -2.52. The second kappa shape index (κ2) is 7.38. The predicted octanol–water partition coefficient (Wildman–Crippen LogP) is 4.78. The molecule has 0 saturated carbocycles. The van der Waals surface area contributed by atoms with Gasteiger partial charge in [-0.3, -0.25) is 13.3 Å². The van der Waals surface area contributed by atoms with E-state index < -0.39 is 22.6 Å². The molecule has 2 N–H and O–H groups in total. The maximum absolute atomic E-state index is 12.2. The molecule has 5 nitrogen and oxygen atoms in total. The summed E-state index contributed by atoms with van der Waals surface area (Å²) in [5, 5.41) is 1.99. The van der Waals surface area contributed by atoms with Gasteiger partial charge >= 0.3 is 0 Å². The van der Waals surface area contributed by atoms with Gasteiger partial charge in [-0.2, -0.15) is 0 Å². The van der Waals surface area contributed by atoms with Gasteiger partial charge in [0.2, 0.25) is 5.91 Å². The Morgan fingerprint density at radius 3 is 2.33 bits per heavy atom. The average Bonchev–Trinajstić information content (AvgIpc) is 3.03. The molecular formula is C24H23N2O3S-. The molecule has 2 atom stereocenters. The minimum absolute atomic E-state index is 0.205. The number of carbonyl (C=O) groups excluding carboxylic acids is 1. The topological polar surface area (TPSA) is 86.5 Å². The lowest BCUT2D eigenvalue weighted by Gasteiger charge is -2.32. The van der Waals surface area contributed by atoms with Crippen molar-refractivity contribution in [3.05, 3.63) is 77.4 Å². The van der Waals surface area contributed by atoms with E-state index in [0.29, 0.717) is 11.4 Å². The van der Waals surface area contributed by atoms with Crippen LogP contribution >= 0.6 is 0 Å². The van der Waals surface area contributed by atoms with Gasteiger partial charge in [0.1, 0.15) is 0 Å². The Bertz CT molecular complexity index is 1220. The van der Waals surface area contributed by atoms with Crippen LogP contribution in [0.5, 0.6) is 0 Å². The number of carbonyl (C=O) groups is 1. The summed E-state index contributed by atoms with van der Waals surface area (Å²) in [6, 6.07) is 18.9. The number of hydrogen-bond donors (Lipinski definition) is 1. The van der Waals surface area contributed by atoms with Crippen molar-refractivity contribution < 1.29 is 13.6 Å². The van der Waals surface area contributed by atoms with Crippen LogP contribution in [0.1, 0.15) is 37.8 Å². The molecule has 4 rings (SSSR count). The van der Waals surface area contributed by atoms with Gasteiger partial charge in [-0.05, 0) is 53.1 Å². The fraction of sp³-hybridized carbons (Fsp3) is 0.208. The Morgan fingerprint density at radius 1 is 1.03 bits per heavy atom. The van der Waals surface area contributed by atoms with Gasteiger partial charge in [0.15, 0.2) is 0 Å². The predicted molar refractivity (Wildman–Crippen MR) is 121 cm³/mol. The van der Waals surface area contributed by atoms with Crippen molar-refractivity contribution in [2.24, 2.45) is 11.1 Å². The molecule has 6 heteroatoms. The summed E-state index contributed by atoms with van der Waals surface area (Å²) < 4.78 is 25.7. The Balaban J connectivity index is 1.82. The van der Waals surface area contributed by atoms with Crippen LogP contribution in [0.2, 0.25) is 0 Å². The number of primary amides is 1. The van der Waals surface area contributed by atoms with Gasteiger partial charge in [0.25, 0.3) is 0 Å². The highest BCUT2D eigenvalue weighted by Crippen LogP contribution is 2.48. The van der Waals surface area contributed by atoms with Crippen molar-refractivity contribution in [1.82, 2.24) is 0 Å². The maximum Gasteiger partial charge on any atom is 0.224 e. The first-order chi connectivity index (χ1) is 14.2. The van der Waals surface area contributed by atoms with E-state index in [1.807, 2.05) is 75.4 Å². The van der Waals surface area contributed by atoms with Crippen molar-refractivity contribution in [3.63, 3.8) is 0 Å². The summed E-state index contributed by atoms with van der Waals surface area (Å²) in [7, 11) is 0. The van der Waals surface area contributed by atoms with E-state index in [9.17, 15) is 13.6 Å². The SMILES string of the molecule is CC1=Cc2ccc(N(c3ccc4ccccc4c3)S(=O)[O-])cc2C1C(C)(C)C(N)=O. The second-order valence-corrected chi connectivity index (χ2v) is 9.06. The molecule has 0 bridgehead atoms. The molecule has 0 radical (unpaired) electrons. The normalized spacial score (nSPS) is 16.8. The lowest BCUT2D eigenvalue weighted by atomic mass is 9.72. The van der Waals surface area contributed by atoms with E-state index >= 15 is 0 Å². The quantitative estimate of drug-likeness (QED) is 0.604. The first kappa shape index (κ1) is 20.3. The van der Waals surface area contributed by atoms with Crippen LogP contribution in [-0.4, -0.2) is 14.7 Å². The number of fused-ring (bicyclic) bond motifs is 2. The summed E-state index contributed by atoms with van der Waals surface area (Å²) in [6.07, 6.45) is 2.03. The van der Waals surface area contributed by atoms with Crippen molar-refractivity contribution >= 4 is 45.4 Å². The highest BCUT2D eigenvalue weighted by atomic mass is 32.2. The highest BCUT2D eigenvalue weighted by Gasteiger charge is 2.40. The van der Waals surface area contributed by atoms with Gasteiger partial charge in [0.05, 0.1) is 28.1 Å². The first-order valence-corrected chi connectivity index (χ1v) is 10.7. The number of nitrogens with zero attached hydrogens (tertiary/aromatic N) is 1. The number of allylic oxidation sites excluding steroid dienone is 1. The molecule has 1 aliphatic rings. The Morgan fingerprint density at radius 2 is 1.67 bits per heavy atom. The van der Waals surface area contributed by atoms with Crippen molar-refractivity contribution in [2.45, 2.75) is 26.7 Å². The van der Waals surface area contributed by atoms with Crippen LogP contribution in [0.15, 0.2) is 66.2 Å². The van der Waals surface area contributed by atoms with Crippen LogP contribution < -0.4 is 10.0 Å². The summed E-state index contributed by atoms with van der Waals surface area (Å²) in [4.78, 5) is 12.1. The minimum Gasteiger partial charge on any atom is -0.755 e. The van der Waals surface area contributed by atoms with Crippen molar-refractivity contribution in [3.8, 4) is 0 Å². The molecule has 3 aromatic carbocycles. The number of anilines is 2. The average molecular weight is 420 g/mol. The molecule has 0 fully saturated rings. The summed E-state index contributed by atoms with van der Waals surface area (Å²) in [5.74, 6) is -0.596. The van der Waals surface area contributed by atoms with Gasteiger partial charge in [-0.25, -0.2) is 0 Å². The second-order valence-electron chi connectivity index (χ2n) is 8.26. The molecule has 0 aliphatic heterocycles. The number of hydrogen-bond acceptors (Lipinski definition) is 3. The van der Waals surface area contributed by atoms with E-state index in [-0.39, 0.29) is 5.92 Å². The molecule has 154 valence electrons. The summed E-state index contributed by atoms with van der Waals surface area (Å²) in [5.41, 5.74) is 8.88. The van der Waals surface area contributed by atoms with Crippen LogP contribution in [0, 0.1) is 5.41 Å². The molecule has 30 heavy (non-hydrogen) atoms. The van der Waals surface area contributed by atoms with E-state index in [4.69, 9.17) is 5.73 Å². The Hall–Kier alpha value is -2.96. The van der Waals surface area contributed by atoms with Crippen LogP contribution in [0.4, 0.5) is 11.4 Å². The van der Waals surface area contributed by atoms with Crippen LogP contribution in [-0.2, 0) is 16.1 Å². The molecule has 2 unspecified atom stereocenters. The summed E-state index contributed by atoms with van der Waals surface area (Å²) >= 11 is -2.52. The Kier molecular flexibility index (Phi) is 5.00. The molecule has 0 saturated heterocycles. The number of benzene rings is 3. The zero-order chi connectivity index (χ0) is 21.6. The number of amides is 1. The van der Waals surface area contributed by atoms with Gasteiger partial charge in [0, 0.05) is 5.92 Å². The zero-order valence-electron chi connectivity index (χ0n) is 17.1. The fourth-order valence-electron chi connectivity index (χ4n) is 4.37. The first-order valence-electron chi connectivity index (χ1n) is 9.70. The molecule has 3 aromatic rings. The third-order valence-electron chi connectivity index (χ3n) is 5.93. The molecule has 0 heterocycles. The van der Waals surface area contributed by atoms with Crippen molar-refractivity contribution in [2.75, 3.05) is 4.31 Å². The Labute approximate surface area is 178 Å². The van der Waals surface area contributed by atoms with Gasteiger partial charge < -0.3 is 10.3 Å². The van der Waals surface area contributed by atoms with E-state index in [1.165, 1.54) is 4.31 Å². The molecule has 0 spiro atoms.